The zero-order valence-electron chi connectivity index (χ0n) is 16.0. The average molecular weight is 387 g/mol. The summed E-state index contributed by atoms with van der Waals surface area (Å²) in [5.41, 5.74) is 7.27. The lowest BCUT2D eigenvalue weighted by Crippen LogP contribution is -2.30. The summed E-state index contributed by atoms with van der Waals surface area (Å²) in [5, 5.41) is 3.84. The molecule has 29 heavy (non-hydrogen) atoms. The number of halogens is 1. The Kier molecular flexibility index (Phi) is 5.77. The molecule has 3 aromatic carbocycles. The third-order valence-corrected chi connectivity index (χ3v) is 5.11. The summed E-state index contributed by atoms with van der Waals surface area (Å²) in [6, 6.07) is 22.4. The lowest BCUT2D eigenvalue weighted by atomic mass is 9.99. The van der Waals surface area contributed by atoms with Gasteiger partial charge in [0, 0.05) is 30.8 Å². The second-order valence-electron chi connectivity index (χ2n) is 7.15. The number of carbonyl (C=O) groups is 1. The molecule has 0 unspecified atom stereocenters. The molecule has 0 atom stereocenters. The van der Waals surface area contributed by atoms with Gasteiger partial charge < -0.3 is 0 Å². The van der Waals surface area contributed by atoms with Crippen LogP contribution in [0.4, 0.5) is 4.39 Å². The summed E-state index contributed by atoms with van der Waals surface area (Å²) in [6.45, 7) is 2.83. The van der Waals surface area contributed by atoms with E-state index in [4.69, 9.17) is 0 Å². The number of carbonyl (C=O) groups excluding carboxylic acids is 1. The Morgan fingerprint density at radius 1 is 1.00 bits per heavy atom. The van der Waals surface area contributed by atoms with Crippen molar-refractivity contribution >= 4 is 12.1 Å². The van der Waals surface area contributed by atoms with Crippen molar-refractivity contribution in [2.75, 3.05) is 6.54 Å². The van der Waals surface area contributed by atoms with E-state index < -0.39 is 0 Å². The van der Waals surface area contributed by atoms with Crippen molar-refractivity contribution in [3.05, 3.63) is 106 Å². The maximum absolute atomic E-state index is 13.5. The van der Waals surface area contributed by atoms with Gasteiger partial charge in [0.05, 0.1) is 6.21 Å². The summed E-state index contributed by atoms with van der Waals surface area (Å²) in [6.07, 6.45) is 2.37. The van der Waals surface area contributed by atoms with Crippen LogP contribution in [0.3, 0.4) is 0 Å². The zero-order valence-corrected chi connectivity index (χ0v) is 16.0. The molecule has 0 aromatic heterocycles. The van der Waals surface area contributed by atoms with Gasteiger partial charge in [0.1, 0.15) is 5.82 Å². The number of nitrogens with one attached hydrogen (secondary N) is 1. The predicted molar refractivity (Wildman–Crippen MR) is 112 cm³/mol. The fourth-order valence-corrected chi connectivity index (χ4v) is 3.51. The largest absolute Gasteiger partial charge is 0.294 e. The molecular formula is C24H22FN3O. The molecule has 4 rings (SSSR count). The Balaban J connectivity index is 1.33. The summed E-state index contributed by atoms with van der Waals surface area (Å²) in [7, 11) is 0. The second-order valence-corrected chi connectivity index (χ2v) is 7.15. The van der Waals surface area contributed by atoms with Gasteiger partial charge in [-0.1, -0.05) is 54.6 Å². The number of benzene rings is 3. The predicted octanol–water partition coefficient (Wildman–Crippen LogP) is 4.15. The molecule has 0 bridgehead atoms. The number of fused-ring (bicyclic) bond motifs is 1. The number of hydrogen-bond donors (Lipinski definition) is 1. The molecule has 1 aliphatic heterocycles. The summed E-state index contributed by atoms with van der Waals surface area (Å²) < 4.78 is 13.5. The Labute approximate surface area is 169 Å². The Morgan fingerprint density at radius 3 is 2.52 bits per heavy atom. The number of hydrazone groups is 1. The van der Waals surface area contributed by atoms with Crippen molar-refractivity contribution in [1.82, 2.24) is 10.3 Å². The quantitative estimate of drug-likeness (QED) is 0.528. The van der Waals surface area contributed by atoms with Crippen LogP contribution in [0, 0.1) is 5.82 Å². The molecule has 0 radical (unpaired) electrons. The van der Waals surface area contributed by atoms with Crippen molar-refractivity contribution in [3.63, 3.8) is 0 Å². The molecule has 0 saturated heterocycles. The highest BCUT2D eigenvalue weighted by atomic mass is 19.1. The van der Waals surface area contributed by atoms with E-state index >= 15 is 0 Å². The van der Waals surface area contributed by atoms with E-state index in [1.807, 2.05) is 12.1 Å². The minimum absolute atomic E-state index is 0.323. The molecule has 0 spiro atoms. The first kappa shape index (κ1) is 19.0. The molecule has 3 aromatic rings. The van der Waals surface area contributed by atoms with Crippen molar-refractivity contribution in [1.29, 1.82) is 0 Å². The van der Waals surface area contributed by atoms with Crippen LogP contribution in [0.15, 0.2) is 77.9 Å². The highest BCUT2D eigenvalue weighted by Gasteiger charge is 2.15. The molecule has 0 aliphatic carbocycles. The molecule has 5 heteroatoms. The standard InChI is InChI=1S/C24H22FN3O/c25-23-8-4-3-6-21(23)15-26-27-24(29)20-11-9-18(10-12-20)16-28-14-13-19-5-1-2-7-22(19)17-28/h1-12,15H,13-14,16-17H2,(H,27,29)/b26-15-. The van der Waals surface area contributed by atoms with Gasteiger partial charge in [-0.15, -0.1) is 0 Å². The fraction of sp³-hybridized carbons (Fsp3) is 0.167. The van der Waals surface area contributed by atoms with Gasteiger partial charge in [0.15, 0.2) is 0 Å². The Hall–Kier alpha value is -3.31. The highest BCUT2D eigenvalue weighted by molar-refractivity contribution is 5.94. The molecule has 1 aliphatic rings. The van der Waals surface area contributed by atoms with Crippen molar-refractivity contribution in [2.45, 2.75) is 19.5 Å². The third kappa shape index (κ3) is 4.76. The van der Waals surface area contributed by atoms with Crippen LogP contribution < -0.4 is 5.43 Å². The van der Waals surface area contributed by atoms with E-state index in [-0.39, 0.29) is 11.7 Å². The van der Waals surface area contributed by atoms with E-state index in [0.29, 0.717) is 11.1 Å². The first-order valence-electron chi connectivity index (χ1n) is 9.65. The van der Waals surface area contributed by atoms with Crippen LogP contribution in [-0.4, -0.2) is 23.6 Å². The summed E-state index contributed by atoms with van der Waals surface area (Å²) in [5.74, 6) is -0.703. The number of amides is 1. The van der Waals surface area contributed by atoms with E-state index in [9.17, 15) is 9.18 Å². The first-order valence-corrected chi connectivity index (χ1v) is 9.65. The van der Waals surface area contributed by atoms with Gasteiger partial charge in [-0.25, -0.2) is 9.82 Å². The van der Waals surface area contributed by atoms with Gasteiger partial charge in [0.25, 0.3) is 5.91 Å². The number of rotatable bonds is 5. The fourth-order valence-electron chi connectivity index (χ4n) is 3.51. The lowest BCUT2D eigenvalue weighted by Gasteiger charge is -2.28. The first-order chi connectivity index (χ1) is 14.2. The normalized spacial score (nSPS) is 14.0. The van der Waals surface area contributed by atoms with Crippen molar-refractivity contribution < 1.29 is 9.18 Å². The summed E-state index contributed by atoms with van der Waals surface area (Å²) in [4.78, 5) is 14.6. The van der Waals surface area contributed by atoms with Gasteiger partial charge in [-0.3, -0.25) is 9.69 Å². The van der Waals surface area contributed by atoms with Crippen LogP contribution in [0.5, 0.6) is 0 Å². The minimum Gasteiger partial charge on any atom is -0.294 e. The van der Waals surface area contributed by atoms with Crippen LogP contribution in [-0.2, 0) is 19.5 Å². The van der Waals surface area contributed by atoms with Crippen LogP contribution in [0.25, 0.3) is 0 Å². The molecule has 0 fully saturated rings. The number of hydrogen-bond acceptors (Lipinski definition) is 3. The third-order valence-electron chi connectivity index (χ3n) is 5.11. The molecule has 4 nitrogen and oxygen atoms in total. The van der Waals surface area contributed by atoms with Gasteiger partial charge in [0.2, 0.25) is 0 Å². The topological polar surface area (TPSA) is 44.7 Å². The highest BCUT2D eigenvalue weighted by Crippen LogP contribution is 2.20. The van der Waals surface area contributed by atoms with E-state index in [1.54, 1.807) is 30.3 Å². The zero-order chi connectivity index (χ0) is 20.1. The smallest absolute Gasteiger partial charge is 0.271 e. The van der Waals surface area contributed by atoms with Crippen LogP contribution in [0.1, 0.15) is 32.6 Å². The van der Waals surface area contributed by atoms with Crippen LogP contribution in [0.2, 0.25) is 0 Å². The second kappa shape index (κ2) is 8.80. The van der Waals surface area contributed by atoms with Gasteiger partial charge >= 0.3 is 0 Å². The lowest BCUT2D eigenvalue weighted by molar-refractivity contribution is 0.0955. The van der Waals surface area contributed by atoms with E-state index in [1.165, 1.54) is 23.4 Å². The number of nitrogens with zero attached hydrogens (tertiary/aromatic N) is 2. The monoisotopic (exact) mass is 387 g/mol. The minimum atomic E-state index is -0.379. The Morgan fingerprint density at radius 2 is 1.72 bits per heavy atom. The van der Waals surface area contributed by atoms with E-state index in [2.05, 4.69) is 39.7 Å². The van der Waals surface area contributed by atoms with Crippen LogP contribution >= 0.6 is 0 Å². The molecule has 146 valence electrons. The Bertz CT molecular complexity index is 1030. The van der Waals surface area contributed by atoms with Crippen molar-refractivity contribution in [3.8, 4) is 0 Å². The van der Waals surface area contributed by atoms with E-state index in [0.717, 1.165) is 31.6 Å². The van der Waals surface area contributed by atoms with Gasteiger partial charge in [-0.2, -0.15) is 5.10 Å². The van der Waals surface area contributed by atoms with Crippen molar-refractivity contribution in [2.24, 2.45) is 5.10 Å². The molecular weight excluding hydrogens is 365 g/mol. The molecule has 0 saturated carbocycles. The average Bonchev–Trinajstić information content (AvgIpc) is 2.75. The molecule has 1 N–H and O–H groups in total. The molecule has 1 amide bonds. The van der Waals surface area contributed by atoms with Gasteiger partial charge in [-0.05, 0) is 41.3 Å². The maximum Gasteiger partial charge on any atom is 0.271 e. The maximum atomic E-state index is 13.5. The molecule has 1 heterocycles. The summed E-state index contributed by atoms with van der Waals surface area (Å²) >= 11 is 0. The SMILES string of the molecule is O=C(N/N=C\c1ccccc1F)c1ccc(CN2CCc3ccccc3C2)cc1.